The van der Waals surface area contributed by atoms with Crippen LogP contribution in [0.3, 0.4) is 0 Å². The molecule has 0 amide bonds. The van der Waals surface area contributed by atoms with Crippen molar-refractivity contribution >= 4 is 21.3 Å². The van der Waals surface area contributed by atoms with Crippen LogP contribution in [0.4, 0.5) is 0 Å². The van der Waals surface area contributed by atoms with E-state index in [0.29, 0.717) is 11.1 Å². The minimum atomic E-state index is -5.12. The number of phenolic OH excluding ortho intramolecular Hbond substituents is 1. The molecule has 23 heavy (non-hydrogen) atoms. The lowest BCUT2D eigenvalue weighted by Gasteiger charge is -2.17. The van der Waals surface area contributed by atoms with Crippen molar-refractivity contribution in [2.24, 2.45) is 0 Å². The van der Waals surface area contributed by atoms with Gasteiger partial charge >= 0.3 is 15.2 Å². The van der Waals surface area contributed by atoms with Crippen molar-refractivity contribution in [3.8, 4) is 5.75 Å². The van der Waals surface area contributed by atoms with E-state index in [1.807, 2.05) is 27.7 Å². The Balaban J connectivity index is 3.69. The molecule has 1 aromatic carbocycles. The third-order valence-corrected chi connectivity index (χ3v) is 6.34. The van der Waals surface area contributed by atoms with Gasteiger partial charge < -0.3 is 24.7 Å². The molecule has 0 saturated carbocycles. The molecule has 0 radical (unpaired) electrons. The van der Waals surface area contributed by atoms with Crippen LogP contribution in [0, 0.1) is 0 Å². The van der Waals surface area contributed by atoms with Gasteiger partial charge in [-0.15, -0.1) is 0 Å². The van der Waals surface area contributed by atoms with Gasteiger partial charge in [0.1, 0.15) is 5.75 Å². The monoisotopic (exact) mass is 364 g/mol. The van der Waals surface area contributed by atoms with E-state index in [1.165, 1.54) is 12.1 Å². The fraction of sp³-hybridized carbons (Fsp3) is 0.429. The number of hydrogen-bond donors (Lipinski definition) is 5. The van der Waals surface area contributed by atoms with E-state index in [9.17, 15) is 33.8 Å². The molecule has 130 valence electrons. The van der Waals surface area contributed by atoms with Crippen LogP contribution in [-0.4, -0.2) is 24.7 Å². The van der Waals surface area contributed by atoms with Crippen LogP contribution in [0.5, 0.6) is 5.75 Å². The lowest BCUT2D eigenvalue weighted by molar-refractivity contribution is 0.368. The van der Waals surface area contributed by atoms with Crippen molar-refractivity contribution in [3.63, 3.8) is 0 Å². The van der Waals surface area contributed by atoms with Crippen LogP contribution in [-0.2, 0) is 9.13 Å². The SMILES string of the molecule is CC(C)c1cc(C=C(P(=O)(O)O)P(=O)(O)O)cc(C(C)C)c1O. The van der Waals surface area contributed by atoms with Crippen molar-refractivity contribution in [2.75, 3.05) is 0 Å². The minimum absolute atomic E-state index is 0.0746. The molecule has 5 N–H and O–H groups in total. The van der Waals surface area contributed by atoms with E-state index in [4.69, 9.17) is 0 Å². The van der Waals surface area contributed by atoms with Crippen molar-refractivity contribution < 1.29 is 33.8 Å². The quantitative estimate of drug-likeness (QED) is 0.506. The smallest absolute Gasteiger partial charge is 0.364 e. The molecule has 9 heteroatoms. The van der Waals surface area contributed by atoms with Gasteiger partial charge in [-0.05, 0) is 46.7 Å². The maximum absolute atomic E-state index is 11.4. The number of hydrogen-bond acceptors (Lipinski definition) is 3. The van der Waals surface area contributed by atoms with E-state index in [1.54, 1.807) is 0 Å². The zero-order valence-corrected chi connectivity index (χ0v) is 15.1. The Morgan fingerprint density at radius 1 is 0.913 bits per heavy atom. The van der Waals surface area contributed by atoms with Gasteiger partial charge in [-0.2, -0.15) is 0 Å². The van der Waals surface area contributed by atoms with Crippen molar-refractivity contribution in [3.05, 3.63) is 33.9 Å². The molecule has 1 aromatic rings. The molecule has 0 unspecified atom stereocenters. The zero-order valence-electron chi connectivity index (χ0n) is 13.3. The van der Waals surface area contributed by atoms with Gasteiger partial charge in [0.2, 0.25) is 0 Å². The molecule has 0 saturated heterocycles. The van der Waals surface area contributed by atoms with Gasteiger partial charge in [0.05, 0.1) is 0 Å². The van der Waals surface area contributed by atoms with Crippen LogP contribution in [0.1, 0.15) is 56.2 Å². The maximum Gasteiger partial charge on any atom is 0.364 e. The van der Waals surface area contributed by atoms with Crippen molar-refractivity contribution in [2.45, 2.75) is 39.5 Å². The summed E-state index contributed by atoms with van der Waals surface area (Å²) in [6, 6.07) is 2.94. The van der Waals surface area contributed by atoms with Crippen molar-refractivity contribution in [1.29, 1.82) is 0 Å². The first kappa shape index (κ1) is 20.1. The third kappa shape index (κ3) is 5.01. The van der Waals surface area contributed by atoms with Crippen LogP contribution in [0.25, 0.3) is 6.08 Å². The molecule has 0 bridgehead atoms. The Hall–Kier alpha value is -0.940. The van der Waals surface area contributed by atoms with Crippen LogP contribution < -0.4 is 0 Å². The Bertz CT molecular complexity index is 657. The highest BCUT2D eigenvalue weighted by Crippen LogP contribution is 2.64. The average molecular weight is 364 g/mol. The first-order valence-electron chi connectivity index (χ1n) is 6.95. The molecule has 0 aliphatic rings. The number of aromatic hydroxyl groups is 1. The summed E-state index contributed by atoms with van der Waals surface area (Å²) in [7, 11) is -10.2. The first-order chi connectivity index (χ1) is 10.2. The Morgan fingerprint density at radius 2 is 1.26 bits per heavy atom. The molecular formula is C14H22O7P2. The summed E-state index contributed by atoms with van der Waals surface area (Å²) in [4.78, 5) is 36.7. The third-order valence-electron chi connectivity index (χ3n) is 3.33. The summed E-state index contributed by atoms with van der Waals surface area (Å²) < 4.78 is 22.7. The number of phenols is 1. The van der Waals surface area contributed by atoms with Crippen LogP contribution >= 0.6 is 15.2 Å². The maximum atomic E-state index is 11.4. The predicted molar refractivity (Wildman–Crippen MR) is 88.4 cm³/mol. The molecule has 7 nitrogen and oxygen atoms in total. The molecule has 0 aliphatic carbocycles. The van der Waals surface area contributed by atoms with Crippen LogP contribution in [0.15, 0.2) is 17.2 Å². The summed E-state index contributed by atoms with van der Waals surface area (Å²) in [5, 5.41) is 9.04. The topological polar surface area (TPSA) is 135 Å². The van der Waals surface area contributed by atoms with Gasteiger partial charge in [-0.1, -0.05) is 27.7 Å². The highest BCUT2D eigenvalue weighted by Gasteiger charge is 2.36. The zero-order chi connectivity index (χ0) is 18.2. The van der Waals surface area contributed by atoms with Gasteiger partial charge in [-0.25, -0.2) is 0 Å². The second kappa shape index (κ2) is 6.89. The second-order valence-electron chi connectivity index (χ2n) is 5.95. The lowest BCUT2D eigenvalue weighted by atomic mass is 9.91. The highest BCUT2D eigenvalue weighted by atomic mass is 31.2. The Labute approximate surface area is 135 Å². The standard InChI is InChI=1S/C14H22O7P2/c1-8(2)11-5-10(6-12(9(3)4)14(11)15)7-13(22(16,17)18)23(19,20)21/h5-9,15H,1-4H3,(H2,16,17,18)(H2,19,20,21). The molecule has 0 fully saturated rings. The Morgan fingerprint density at radius 3 is 1.52 bits per heavy atom. The molecular weight excluding hydrogens is 342 g/mol. The van der Waals surface area contributed by atoms with E-state index in [2.05, 4.69) is 0 Å². The summed E-state index contributed by atoms with van der Waals surface area (Å²) in [5.74, 6) is -0.0649. The Kier molecular flexibility index (Phi) is 6.03. The van der Waals surface area contributed by atoms with Crippen LogP contribution in [0.2, 0.25) is 0 Å². The summed E-state index contributed by atoms with van der Waals surface area (Å²) in [6.45, 7) is 7.33. The molecule has 1 rings (SSSR count). The van der Waals surface area contributed by atoms with Gasteiger partial charge in [0.25, 0.3) is 0 Å². The van der Waals surface area contributed by atoms with E-state index in [-0.39, 0.29) is 23.1 Å². The number of benzene rings is 1. The van der Waals surface area contributed by atoms with Gasteiger partial charge in [0.15, 0.2) is 5.06 Å². The molecule has 0 aromatic heterocycles. The second-order valence-corrected chi connectivity index (χ2v) is 9.44. The van der Waals surface area contributed by atoms with Crippen molar-refractivity contribution in [1.82, 2.24) is 0 Å². The minimum Gasteiger partial charge on any atom is -0.507 e. The van der Waals surface area contributed by atoms with E-state index in [0.717, 1.165) is 6.08 Å². The summed E-state index contributed by atoms with van der Waals surface area (Å²) >= 11 is 0. The molecule has 0 spiro atoms. The highest BCUT2D eigenvalue weighted by molar-refractivity contribution is 7.77. The van der Waals surface area contributed by atoms with E-state index >= 15 is 0 Å². The van der Waals surface area contributed by atoms with Gasteiger partial charge in [-0.3, -0.25) is 9.13 Å². The fourth-order valence-electron chi connectivity index (χ4n) is 2.15. The molecule has 0 atom stereocenters. The molecule has 0 heterocycles. The molecule has 0 aliphatic heterocycles. The normalized spacial score (nSPS) is 12.8. The summed E-state index contributed by atoms with van der Waals surface area (Å²) in [6.07, 6.45) is 0.804. The fourth-order valence-corrected chi connectivity index (χ4v) is 4.15. The largest absolute Gasteiger partial charge is 0.507 e. The average Bonchev–Trinajstić information content (AvgIpc) is 2.33. The van der Waals surface area contributed by atoms with Gasteiger partial charge in [0, 0.05) is 0 Å². The van der Waals surface area contributed by atoms with E-state index < -0.39 is 20.2 Å². The summed E-state index contributed by atoms with van der Waals surface area (Å²) in [5.41, 5.74) is 1.30. The first-order valence-corrected chi connectivity index (χ1v) is 10.2. The number of rotatable bonds is 5. The predicted octanol–water partition coefficient (Wildman–Crippen LogP) is 3.29. The lowest BCUT2D eigenvalue weighted by Crippen LogP contribution is -1.97.